The van der Waals surface area contributed by atoms with Gasteiger partial charge in [-0.2, -0.15) is 0 Å². The van der Waals surface area contributed by atoms with Gasteiger partial charge in [0.25, 0.3) is 5.91 Å². The quantitative estimate of drug-likeness (QED) is 0.775. The summed E-state index contributed by atoms with van der Waals surface area (Å²) in [5, 5.41) is 5.48. The van der Waals surface area contributed by atoms with Gasteiger partial charge in [-0.15, -0.1) is 0 Å². The summed E-state index contributed by atoms with van der Waals surface area (Å²) in [6.07, 6.45) is -0.549. The lowest BCUT2D eigenvalue weighted by atomic mass is 9.87. The Kier molecular flexibility index (Phi) is 6.08. The molecule has 0 fully saturated rings. The molecule has 0 saturated heterocycles. The maximum atomic E-state index is 12.1. The van der Waals surface area contributed by atoms with E-state index < -0.39 is 12.1 Å². The predicted octanol–water partition coefficient (Wildman–Crippen LogP) is 1.97. The molecule has 1 rings (SSSR count). The van der Waals surface area contributed by atoms with Crippen LogP contribution in [0, 0.1) is 5.41 Å². The minimum Gasteiger partial charge on any atom is -0.372 e. The van der Waals surface area contributed by atoms with Gasteiger partial charge in [-0.25, -0.2) is 0 Å². The van der Waals surface area contributed by atoms with Crippen LogP contribution in [-0.4, -0.2) is 31.1 Å². The summed E-state index contributed by atoms with van der Waals surface area (Å²) >= 11 is 0. The lowest BCUT2D eigenvalue weighted by molar-refractivity contribution is -0.124. The molecule has 0 aromatic heterocycles. The van der Waals surface area contributed by atoms with Gasteiger partial charge in [-0.05, 0) is 30.5 Å². The second-order valence-corrected chi connectivity index (χ2v) is 6.28. The topological polar surface area (TPSA) is 93.5 Å². The summed E-state index contributed by atoms with van der Waals surface area (Å²) in [7, 11) is 1.47. The highest BCUT2D eigenvalue weighted by atomic mass is 16.5. The second kappa shape index (κ2) is 7.38. The van der Waals surface area contributed by atoms with Gasteiger partial charge in [0, 0.05) is 18.5 Å². The van der Waals surface area contributed by atoms with Crippen molar-refractivity contribution in [3.63, 3.8) is 0 Å². The highest BCUT2D eigenvalue weighted by Crippen LogP contribution is 2.20. The van der Waals surface area contributed by atoms with E-state index in [1.807, 2.05) is 20.8 Å². The average molecular weight is 307 g/mol. The van der Waals surface area contributed by atoms with Crippen molar-refractivity contribution in [3.05, 3.63) is 24.3 Å². The Morgan fingerprint density at radius 3 is 2.09 bits per heavy atom. The van der Waals surface area contributed by atoms with Crippen LogP contribution in [0.2, 0.25) is 0 Å². The molecule has 6 heteroatoms. The third kappa shape index (κ3) is 5.13. The molecule has 1 aromatic carbocycles. The van der Waals surface area contributed by atoms with E-state index in [1.165, 1.54) is 7.11 Å². The zero-order valence-electron chi connectivity index (χ0n) is 13.8. The molecule has 2 atom stereocenters. The van der Waals surface area contributed by atoms with Crippen LogP contribution in [0.15, 0.2) is 24.3 Å². The van der Waals surface area contributed by atoms with E-state index in [0.717, 1.165) is 0 Å². The standard InChI is InChI=1S/C16H25N3O3/c1-10(22-5)14(20)18-11-7-6-8-12(9-11)19-15(21)13(17)16(2,3)4/h6-10,13H,17H2,1-5H3,(H,18,20)(H,19,21)/t10?,13-/m1/s1. The SMILES string of the molecule is COC(C)C(=O)Nc1cccc(NC(=O)[C@@H](N)C(C)(C)C)c1. The first-order chi connectivity index (χ1) is 10.1. The molecular formula is C16H25N3O3. The smallest absolute Gasteiger partial charge is 0.253 e. The molecule has 0 spiro atoms. The van der Waals surface area contributed by atoms with Gasteiger partial charge in [0.2, 0.25) is 5.91 Å². The lowest BCUT2D eigenvalue weighted by Crippen LogP contribution is -2.45. The van der Waals surface area contributed by atoms with Crippen LogP contribution in [-0.2, 0) is 14.3 Å². The highest BCUT2D eigenvalue weighted by Gasteiger charge is 2.27. The van der Waals surface area contributed by atoms with Gasteiger partial charge in [-0.1, -0.05) is 26.8 Å². The lowest BCUT2D eigenvalue weighted by Gasteiger charge is -2.25. The monoisotopic (exact) mass is 307 g/mol. The van der Waals surface area contributed by atoms with Gasteiger partial charge in [-0.3, -0.25) is 9.59 Å². The number of rotatable bonds is 5. The molecule has 0 aliphatic rings. The van der Waals surface area contributed by atoms with Crippen LogP contribution in [0.3, 0.4) is 0 Å². The van der Waals surface area contributed by atoms with E-state index in [1.54, 1.807) is 31.2 Å². The van der Waals surface area contributed by atoms with E-state index in [0.29, 0.717) is 11.4 Å². The van der Waals surface area contributed by atoms with E-state index in [-0.39, 0.29) is 17.2 Å². The minimum absolute atomic E-state index is 0.252. The van der Waals surface area contributed by atoms with Crippen molar-refractivity contribution >= 4 is 23.2 Å². The highest BCUT2D eigenvalue weighted by molar-refractivity contribution is 5.97. The van der Waals surface area contributed by atoms with Crippen LogP contribution in [0.5, 0.6) is 0 Å². The van der Waals surface area contributed by atoms with Crippen LogP contribution >= 0.6 is 0 Å². The number of nitrogens with one attached hydrogen (secondary N) is 2. The maximum Gasteiger partial charge on any atom is 0.253 e. The van der Waals surface area contributed by atoms with Crippen molar-refractivity contribution in [2.45, 2.75) is 39.8 Å². The van der Waals surface area contributed by atoms with Crippen molar-refractivity contribution in [1.29, 1.82) is 0 Å². The van der Waals surface area contributed by atoms with Crippen LogP contribution < -0.4 is 16.4 Å². The van der Waals surface area contributed by atoms with E-state index in [9.17, 15) is 9.59 Å². The Bertz CT molecular complexity index is 538. The second-order valence-electron chi connectivity index (χ2n) is 6.28. The summed E-state index contributed by atoms with van der Waals surface area (Å²) in [5.74, 6) is -0.515. The molecule has 1 unspecified atom stereocenters. The number of methoxy groups -OCH3 is 1. The molecule has 0 radical (unpaired) electrons. The number of nitrogens with two attached hydrogens (primary N) is 1. The third-order valence-electron chi connectivity index (χ3n) is 3.34. The summed E-state index contributed by atoms with van der Waals surface area (Å²) in [4.78, 5) is 23.9. The van der Waals surface area contributed by atoms with Gasteiger partial charge in [0.05, 0.1) is 6.04 Å². The summed E-state index contributed by atoms with van der Waals surface area (Å²) in [5.41, 5.74) is 6.75. The first kappa shape index (κ1) is 18.1. The normalized spacial score (nSPS) is 14.1. The van der Waals surface area contributed by atoms with Gasteiger partial charge in [0.15, 0.2) is 0 Å². The first-order valence-electron chi connectivity index (χ1n) is 7.15. The molecule has 0 aliphatic heterocycles. The molecule has 2 amide bonds. The molecule has 6 nitrogen and oxygen atoms in total. The molecule has 0 heterocycles. The van der Waals surface area contributed by atoms with Crippen molar-refractivity contribution in [2.75, 3.05) is 17.7 Å². The third-order valence-corrected chi connectivity index (χ3v) is 3.34. The van der Waals surface area contributed by atoms with Crippen molar-refractivity contribution in [1.82, 2.24) is 0 Å². The number of hydrogen-bond acceptors (Lipinski definition) is 4. The van der Waals surface area contributed by atoms with Gasteiger partial charge in [0.1, 0.15) is 6.10 Å². The first-order valence-corrected chi connectivity index (χ1v) is 7.15. The van der Waals surface area contributed by atoms with Crippen molar-refractivity contribution in [2.24, 2.45) is 11.1 Å². The summed E-state index contributed by atoms with van der Waals surface area (Å²) < 4.78 is 4.95. The van der Waals surface area contributed by atoms with Gasteiger partial charge >= 0.3 is 0 Å². The molecule has 122 valence electrons. The Morgan fingerprint density at radius 2 is 1.64 bits per heavy atom. The average Bonchev–Trinajstić information content (AvgIpc) is 2.44. The molecule has 0 aliphatic carbocycles. The summed E-state index contributed by atoms with van der Waals surface area (Å²) in [6, 6.07) is 6.26. The van der Waals surface area contributed by atoms with E-state index >= 15 is 0 Å². The maximum absolute atomic E-state index is 12.1. The fraction of sp³-hybridized carbons (Fsp3) is 0.500. The zero-order chi connectivity index (χ0) is 16.9. The van der Waals surface area contributed by atoms with Crippen molar-refractivity contribution in [3.8, 4) is 0 Å². The Labute approximate surface area is 131 Å². The number of anilines is 2. The van der Waals surface area contributed by atoms with Crippen molar-refractivity contribution < 1.29 is 14.3 Å². The fourth-order valence-electron chi connectivity index (χ4n) is 1.64. The fourth-order valence-corrected chi connectivity index (χ4v) is 1.64. The molecule has 1 aromatic rings. The number of ether oxygens (including phenoxy) is 1. The number of carbonyl (C=O) groups is 2. The molecular weight excluding hydrogens is 282 g/mol. The van der Waals surface area contributed by atoms with E-state index in [2.05, 4.69) is 10.6 Å². The van der Waals surface area contributed by atoms with Crippen LogP contribution in [0.4, 0.5) is 11.4 Å². The molecule has 0 saturated carbocycles. The summed E-state index contributed by atoms with van der Waals surface area (Å²) in [6.45, 7) is 7.36. The number of benzene rings is 1. The Morgan fingerprint density at radius 1 is 1.14 bits per heavy atom. The molecule has 4 N–H and O–H groups in total. The Balaban J connectivity index is 2.76. The minimum atomic E-state index is -0.626. The van der Waals surface area contributed by atoms with E-state index in [4.69, 9.17) is 10.5 Å². The van der Waals surface area contributed by atoms with Crippen LogP contribution in [0.1, 0.15) is 27.7 Å². The largest absolute Gasteiger partial charge is 0.372 e. The number of amides is 2. The molecule has 0 bridgehead atoms. The molecule has 22 heavy (non-hydrogen) atoms. The Hall–Kier alpha value is -1.92. The predicted molar refractivity (Wildman–Crippen MR) is 87.6 cm³/mol. The number of hydrogen-bond donors (Lipinski definition) is 3. The van der Waals surface area contributed by atoms with Gasteiger partial charge < -0.3 is 21.1 Å². The number of carbonyl (C=O) groups excluding carboxylic acids is 2. The van der Waals surface area contributed by atoms with Crippen LogP contribution in [0.25, 0.3) is 0 Å². The zero-order valence-corrected chi connectivity index (χ0v) is 13.8.